The maximum absolute atomic E-state index is 4.18. The van der Waals surface area contributed by atoms with Crippen molar-refractivity contribution in [3.63, 3.8) is 0 Å². The minimum atomic E-state index is 0.869. The van der Waals surface area contributed by atoms with Crippen LogP contribution in [0.4, 0.5) is 11.5 Å². The molecular formula is C9H6Br2N2S. The number of benzene rings is 1. The van der Waals surface area contributed by atoms with Gasteiger partial charge in [0, 0.05) is 9.85 Å². The first-order valence-corrected chi connectivity index (χ1v) is 6.31. The predicted molar refractivity (Wildman–Crippen MR) is 67.2 cm³/mol. The standard InChI is InChI=1S/C9H6Br2N2S/c10-6-2-1-3-7(9(6)11)12-8-4-5-14-13-8/h1-5H,(H,12,13). The van der Waals surface area contributed by atoms with Gasteiger partial charge in [0.1, 0.15) is 5.82 Å². The Morgan fingerprint density at radius 2 is 2.07 bits per heavy atom. The van der Waals surface area contributed by atoms with Crippen LogP contribution in [-0.4, -0.2) is 4.37 Å². The second-order valence-electron chi connectivity index (χ2n) is 2.61. The molecule has 0 aliphatic carbocycles. The molecule has 2 nitrogen and oxygen atoms in total. The molecular weight excluding hydrogens is 328 g/mol. The van der Waals surface area contributed by atoms with Gasteiger partial charge in [-0.3, -0.25) is 0 Å². The average molecular weight is 334 g/mol. The molecule has 0 saturated carbocycles. The van der Waals surface area contributed by atoms with Gasteiger partial charge in [0.2, 0.25) is 0 Å². The van der Waals surface area contributed by atoms with Crippen molar-refractivity contribution in [2.45, 2.75) is 0 Å². The van der Waals surface area contributed by atoms with Gasteiger partial charge in [0.25, 0.3) is 0 Å². The maximum Gasteiger partial charge on any atom is 0.144 e. The molecule has 14 heavy (non-hydrogen) atoms. The Labute approximate surface area is 103 Å². The van der Waals surface area contributed by atoms with Crippen LogP contribution in [0.15, 0.2) is 38.6 Å². The van der Waals surface area contributed by atoms with Crippen LogP contribution in [0, 0.1) is 0 Å². The van der Waals surface area contributed by atoms with E-state index in [2.05, 4.69) is 41.6 Å². The highest BCUT2D eigenvalue weighted by molar-refractivity contribution is 9.13. The third kappa shape index (κ3) is 2.16. The topological polar surface area (TPSA) is 24.9 Å². The van der Waals surface area contributed by atoms with Gasteiger partial charge in [-0.15, -0.1) is 0 Å². The third-order valence-electron chi connectivity index (χ3n) is 1.65. The van der Waals surface area contributed by atoms with Gasteiger partial charge in [-0.05, 0) is 61.6 Å². The summed E-state index contributed by atoms with van der Waals surface area (Å²) < 4.78 is 6.21. The number of anilines is 2. The number of halogens is 2. The third-order valence-corrected chi connectivity index (χ3v) is 4.26. The normalized spacial score (nSPS) is 10.1. The van der Waals surface area contributed by atoms with Gasteiger partial charge < -0.3 is 5.32 Å². The molecule has 0 unspecified atom stereocenters. The fourth-order valence-electron chi connectivity index (χ4n) is 1.02. The average Bonchev–Trinajstić information content (AvgIpc) is 2.66. The van der Waals surface area contributed by atoms with E-state index in [0.717, 1.165) is 20.5 Å². The number of aromatic nitrogens is 1. The molecule has 2 aromatic rings. The van der Waals surface area contributed by atoms with E-state index in [1.54, 1.807) is 0 Å². The molecule has 0 atom stereocenters. The van der Waals surface area contributed by atoms with Crippen LogP contribution in [0.5, 0.6) is 0 Å². The lowest BCUT2D eigenvalue weighted by Crippen LogP contribution is -1.90. The summed E-state index contributed by atoms with van der Waals surface area (Å²) in [6.07, 6.45) is 0. The molecule has 1 heterocycles. The Balaban J connectivity index is 2.29. The Morgan fingerprint density at radius 3 is 2.79 bits per heavy atom. The highest BCUT2D eigenvalue weighted by Crippen LogP contribution is 2.32. The van der Waals surface area contributed by atoms with E-state index in [1.807, 2.05) is 29.6 Å². The molecule has 1 aromatic heterocycles. The van der Waals surface area contributed by atoms with Crippen LogP contribution in [0.25, 0.3) is 0 Å². The van der Waals surface area contributed by atoms with Crippen LogP contribution >= 0.6 is 43.4 Å². The van der Waals surface area contributed by atoms with E-state index in [1.165, 1.54) is 11.5 Å². The summed E-state index contributed by atoms with van der Waals surface area (Å²) in [6.45, 7) is 0. The van der Waals surface area contributed by atoms with E-state index in [4.69, 9.17) is 0 Å². The molecule has 0 amide bonds. The van der Waals surface area contributed by atoms with Crippen LogP contribution in [0.2, 0.25) is 0 Å². The summed E-state index contributed by atoms with van der Waals surface area (Å²) in [5, 5.41) is 5.15. The Morgan fingerprint density at radius 1 is 1.21 bits per heavy atom. The zero-order chi connectivity index (χ0) is 9.97. The maximum atomic E-state index is 4.18. The quantitative estimate of drug-likeness (QED) is 0.880. The van der Waals surface area contributed by atoms with Crippen LogP contribution < -0.4 is 5.32 Å². The second kappa shape index (κ2) is 4.42. The van der Waals surface area contributed by atoms with Crippen LogP contribution in [0.1, 0.15) is 0 Å². The number of hydrogen-bond acceptors (Lipinski definition) is 3. The van der Waals surface area contributed by atoms with Crippen molar-refractivity contribution in [2.75, 3.05) is 5.32 Å². The fraction of sp³-hybridized carbons (Fsp3) is 0. The molecule has 72 valence electrons. The number of nitrogens with one attached hydrogen (secondary N) is 1. The van der Waals surface area contributed by atoms with Gasteiger partial charge in [0.05, 0.1) is 10.2 Å². The highest BCUT2D eigenvalue weighted by Gasteiger charge is 2.03. The monoisotopic (exact) mass is 332 g/mol. The Hall–Kier alpha value is -0.390. The van der Waals surface area contributed by atoms with Gasteiger partial charge in [0.15, 0.2) is 0 Å². The van der Waals surface area contributed by atoms with Crippen molar-refractivity contribution in [1.82, 2.24) is 4.37 Å². The first kappa shape index (κ1) is 10.1. The first-order chi connectivity index (χ1) is 6.77. The molecule has 0 spiro atoms. The molecule has 1 N–H and O–H groups in total. The molecule has 0 fully saturated rings. The molecule has 0 bridgehead atoms. The van der Waals surface area contributed by atoms with Crippen molar-refractivity contribution < 1.29 is 0 Å². The molecule has 5 heteroatoms. The van der Waals surface area contributed by atoms with Crippen molar-refractivity contribution in [1.29, 1.82) is 0 Å². The molecule has 0 saturated heterocycles. The number of hydrogen-bond donors (Lipinski definition) is 1. The van der Waals surface area contributed by atoms with Crippen LogP contribution in [0.3, 0.4) is 0 Å². The van der Waals surface area contributed by atoms with E-state index in [0.29, 0.717) is 0 Å². The lowest BCUT2D eigenvalue weighted by atomic mass is 10.3. The zero-order valence-electron chi connectivity index (χ0n) is 7.00. The van der Waals surface area contributed by atoms with E-state index in [9.17, 15) is 0 Å². The lowest BCUT2D eigenvalue weighted by molar-refractivity contribution is 1.44. The summed E-state index contributed by atoms with van der Waals surface area (Å²) in [6, 6.07) is 7.89. The molecule has 1 aromatic carbocycles. The summed E-state index contributed by atoms with van der Waals surface area (Å²) in [5.74, 6) is 0.869. The van der Waals surface area contributed by atoms with Crippen molar-refractivity contribution in [3.05, 3.63) is 38.6 Å². The van der Waals surface area contributed by atoms with E-state index >= 15 is 0 Å². The van der Waals surface area contributed by atoms with Gasteiger partial charge in [-0.1, -0.05) is 6.07 Å². The first-order valence-electron chi connectivity index (χ1n) is 3.89. The minimum absolute atomic E-state index is 0.869. The molecule has 0 aliphatic heterocycles. The number of nitrogens with zero attached hydrogens (tertiary/aromatic N) is 1. The van der Waals surface area contributed by atoms with Gasteiger partial charge in [-0.25, -0.2) is 0 Å². The summed E-state index contributed by atoms with van der Waals surface area (Å²) in [4.78, 5) is 0. The van der Waals surface area contributed by atoms with E-state index in [-0.39, 0.29) is 0 Å². The molecule has 0 aliphatic rings. The van der Waals surface area contributed by atoms with Crippen LogP contribution in [-0.2, 0) is 0 Å². The lowest BCUT2D eigenvalue weighted by Gasteiger charge is -2.06. The molecule has 2 rings (SSSR count). The summed E-state index contributed by atoms with van der Waals surface area (Å²) in [5.41, 5.74) is 1.00. The van der Waals surface area contributed by atoms with Crippen molar-refractivity contribution in [2.24, 2.45) is 0 Å². The number of rotatable bonds is 2. The van der Waals surface area contributed by atoms with Gasteiger partial charge >= 0.3 is 0 Å². The zero-order valence-corrected chi connectivity index (χ0v) is 11.0. The fourth-order valence-corrected chi connectivity index (χ4v) is 2.22. The predicted octanol–water partition coefficient (Wildman–Crippen LogP) is 4.41. The highest BCUT2D eigenvalue weighted by atomic mass is 79.9. The molecule has 0 radical (unpaired) electrons. The minimum Gasteiger partial charge on any atom is -0.338 e. The Kier molecular flexibility index (Phi) is 3.20. The smallest absolute Gasteiger partial charge is 0.144 e. The summed E-state index contributed by atoms with van der Waals surface area (Å²) >= 11 is 8.37. The van der Waals surface area contributed by atoms with E-state index < -0.39 is 0 Å². The Bertz CT molecular complexity index is 428. The van der Waals surface area contributed by atoms with Crippen molar-refractivity contribution in [3.8, 4) is 0 Å². The second-order valence-corrected chi connectivity index (χ2v) is 4.92. The van der Waals surface area contributed by atoms with Crippen molar-refractivity contribution >= 4 is 54.9 Å². The summed E-state index contributed by atoms with van der Waals surface area (Å²) in [7, 11) is 0. The largest absolute Gasteiger partial charge is 0.338 e. The van der Waals surface area contributed by atoms with Gasteiger partial charge in [-0.2, -0.15) is 4.37 Å². The SMILES string of the molecule is Brc1cccc(Nc2ccsn2)c1Br.